The van der Waals surface area contributed by atoms with Crippen LogP contribution in [0.25, 0.3) is 0 Å². The lowest BCUT2D eigenvalue weighted by Crippen LogP contribution is -2.20. The number of fused-ring (bicyclic) bond motifs is 2. The zero-order chi connectivity index (χ0) is 14.1. The highest BCUT2D eigenvalue weighted by molar-refractivity contribution is 5.50. The third-order valence-corrected chi connectivity index (χ3v) is 4.61. The molecule has 2 aliphatic carbocycles. The molecule has 6 nitrogen and oxygen atoms in total. The molecule has 1 heterocycles. The third-order valence-electron chi connectivity index (χ3n) is 4.61. The van der Waals surface area contributed by atoms with E-state index in [0.717, 1.165) is 18.4 Å². The highest BCUT2D eigenvalue weighted by atomic mass is 16.6. The standard InChI is InChI=1S/C14H16N4O2/c15-7-12-13(18(19)20)3-4-14(17-12)16-8-11-6-9-1-2-10(11)5-9/h3-4,9-11H,1-2,5-6,8H2,(H,16,17). The number of nitrogens with zero attached hydrogens (tertiary/aromatic N) is 3. The van der Waals surface area contributed by atoms with Gasteiger partial charge in [0.1, 0.15) is 11.9 Å². The molecule has 1 aromatic heterocycles. The highest BCUT2D eigenvalue weighted by Crippen LogP contribution is 2.48. The molecule has 3 rings (SSSR count). The molecule has 1 aromatic rings. The van der Waals surface area contributed by atoms with Crippen LogP contribution >= 0.6 is 0 Å². The molecule has 104 valence electrons. The average molecular weight is 272 g/mol. The van der Waals surface area contributed by atoms with Gasteiger partial charge in [0, 0.05) is 12.6 Å². The zero-order valence-corrected chi connectivity index (χ0v) is 11.1. The van der Waals surface area contributed by atoms with E-state index in [1.54, 1.807) is 12.1 Å². The Balaban J connectivity index is 1.66. The smallest absolute Gasteiger partial charge is 0.305 e. The van der Waals surface area contributed by atoms with Gasteiger partial charge < -0.3 is 5.32 Å². The van der Waals surface area contributed by atoms with Gasteiger partial charge in [-0.15, -0.1) is 0 Å². The summed E-state index contributed by atoms with van der Waals surface area (Å²) in [6.07, 6.45) is 5.32. The summed E-state index contributed by atoms with van der Waals surface area (Å²) in [6.45, 7) is 0.844. The topological polar surface area (TPSA) is 91.8 Å². The Hall–Kier alpha value is -2.16. The number of pyridine rings is 1. The van der Waals surface area contributed by atoms with E-state index in [0.29, 0.717) is 11.7 Å². The molecule has 2 bridgehead atoms. The van der Waals surface area contributed by atoms with Gasteiger partial charge in [-0.05, 0) is 43.1 Å². The number of aromatic nitrogens is 1. The number of anilines is 1. The molecule has 0 spiro atoms. The maximum atomic E-state index is 10.7. The minimum atomic E-state index is -0.578. The first-order valence-electron chi connectivity index (χ1n) is 6.96. The Kier molecular flexibility index (Phi) is 3.26. The molecule has 0 radical (unpaired) electrons. The summed E-state index contributed by atoms with van der Waals surface area (Å²) >= 11 is 0. The molecular formula is C14H16N4O2. The molecule has 1 N–H and O–H groups in total. The van der Waals surface area contributed by atoms with E-state index in [4.69, 9.17) is 5.26 Å². The van der Waals surface area contributed by atoms with Gasteiger partial charge in [0.15, 0.2) is 0 Å². The number of nitrogens with one attached hydrogen (secondary N) is 1. The summed E-state index contributed by atoms with van der Waals surface area (Å²) in [7, 11) is 0. The van der Waals surface area contributed by atoms with Crippen LogP contribution in [0, 0.1) is 39.2 Å². The maximum absolute atomic E-state index is 10.7. The number of nitriles is 1. The van der Waals surface area contributed by atoms with Crippen molar-refractivity contribution in [2.45, 2.75) is 25.7 Å². The van der Waals surface area contributed by atoms with Crippen LogP contribution in [-0.2, 0) is 0 Å². The summed E-state index contributed by atoms with van der Waals surface area (Å²) in [5, 5.41) is 22.9. The van der Waals surface area contributed by atoms with Crippen molar-refractivity contribution in [2.75, 3.05) is 11.9 Å². The molecule has 20 heavy (non-hydrogen) atoms. The summed E-state index contributed by atoms with van der Waals surface area (Å²) in [5.41, 5.74) is -0.370. The van der Waals surface area contributed by atoms with Crippen LogP contribution in [0.2, 0.25) is 0 Å². The SMILES string of the molecule is N#Cc1nc(NCC2CC3CCC2C3)ccc1[N+](=O)[O-]. The Morgan fingerprint density at radius 1 is 1.45 bits per heavy atom. The number of hydrogen-bond acceptors (Lipinski definition) is 5. The van der Waals surface area contributed by atoms with Crippen LogP contribution in [0.1, 0.15) is 31.4 Å². The van der Waals surface area contributed by atoms with E-state index in [9.17, 15) is 10.1 Å². The van der Waals surface area contributed by atoms with Gasteiger partial charge in [-0.1, -0.05) is 6.42 Å². The lowest BCUT2D eigenvalue weighted by atomic mass is 9.89. The first-order valence-corrected chi connectivity index (χ1v) is 6.96. The van der Waals surface area contributed by atoms with E-state index >= 15 is 0 Å². The second-order valence-corrected chi connectivity index (χ2v) is 5.75. The molecule has 2 saturated carbocycles. The van der Waals surface area contributed by atoms with E-state index in [-0.39, 0.29) is 11.4 Å². The minimum absolute atomic E-state index is 0.132. The molecule has 0 saturated heterocycles. The van der Waals surface area contributed by atoms with Crippen molar-refractivity contribution < 1.29 is 4.92 Å². The van der Waals surface area contributed by atoms with Crippen molar-refractivity contribution in [3.63, 3.8) is 0 Å². The maximum Gasteiger partial charge on any atom is 0.305 e. The lowest BCUT2D eigenvalue weighted by Gasteiger charge is -2.22. The van der Waals surface area contributed by atoms with Gasteiger partial charge >= 0.3 is 5.69 Å². The second kappa shape index (κ2) is 5.08. The average Bonchev–Trinajstić information content (AvgIpc) is 3.07. The monoisotopic (exact) mass is 272 g/mol. The predicted octanol–water partition coefficient (Wildman–Crippen LogP) is 2.71. The van der Waals surface area contributed by atoms with Gasteiger partial charge in [0.25, 0.3) is 0 Å². The number of nitro groups is 1. The van der Waals surface area contributed by atoms with Crippen LogP contribution in [-0.4, -0.2) is 16.5 Å². The summed E-state index contributed by atoms with van der Waals surface area (Å²) in [6, 6.07) is 4.70. The van der Waals surface area contributed by atoms with Crippen LogP contribution in [0.5, 0.6) is 0 Å². The summed E-state index contributed by atoms with van der Waals surface area (Å²) < 4.78 is 0. The fraction of sp³-hybridized carbons (Fsp3) is 0.571. The molecule has 0 aromatic carbocycles. The van der Waals surface area contributed by atoms with Crippen molar-refractivity contribution in [3.8, 4) is 6.07 Å². The van der Waals surface area contributed by atoms with Crippen LogP contribution in [0.4, 0.5) is 11.5 Å². The van der Waals surface area contributed by atoms with Crippen LogP contribution < -0.4 is 5.32 Å². The first kappa shape index (κ1) is 12.9. The number of hydrogen-bond donors (Lipinski definition) is 1. The molecule has 2 fully saturated rings. The van der Waals surface area contributed by atoms with E-state index in [1.165, 1.54) is 31.7 Å². The largest absolute Gasteiger partial charge is 0.370 e. The zero-order valence-electron chi connectivity index (χ0n) is 11.1. The van der Waals surface area contributed by atoms with Gasteiger partial charge in [0.05, 0.1) is 4.92 Å². The summed E-state index contributed by atoms with van der Waals surface area (Å²) in [5.74, 6) is 2.94. The Labute approximate surface area is 117 Å². The van der Waals surface area contributed by atoms with Gasteiger partial charge in [-0.25, -0.2) is 4.98 Å². The molecule has 3 atom stereocenters. The van der Waals surface area contributed by atoms with Crippen molar-refractivity contribution >= 4 is 11.5 Å². The van der Waals surface area contributed by atoms with Crippen molar-refractivity contribution in [1.82, 2.24) is 4.98 Å². The Morgan fingerprint density at radius 2 is 2.30 bits per heavy atom. The van der Waals surface area contributed by atoms with E-state index < -0.39 is 4.92 Å². The molecule has 2 aliphatic rings. The Bertz CT molecular complexity index is 581. The molecular weight excluding hydrogens is 256 g/mol. The minimum Gasteiger partial charge on any atom is -0.370 e. The lowest BCUT2D eigenvalue weighted by molar-refractivity contribution is -0.385. The Morgan fingerprint density at radius 3 is 2.90 bits per heavy atom. The van der Waals surface area contributed by atoms with Gasteiger partial charge in [-0.3, -0.25) is 10.1 Å². The fourth-order valence-corrected chi connectivity index (χ4v) is 3.64. The highest BCUT2D eigenvalue weighted by Gasteiger charge is 2.39. The van der Waals surface area contributed by atoms with Crippen LogP contribution in [0.3, 0.4) is 0 Å². The van der Waals surface area contributed by atoms with E-state index in [1.807, 2.05) is 0 Å². The fourth-order valence-electron chi connectivity index (χ4n) is 3.64. The second-order valence-electron chi connectivity index (χ2n) is 5.75. The molecule has 3 unspecified atom stereocenters. The predicted molar refractivity (Wildman–Crippen MR) is 73.0 cm³/mol. The van der Waals surface area contributed by atoms with Gasteiger partial charge in [-0.2, -0.15) is 5.26 Å². The molecule has 6 heteroatoms. The summed E-state index contributed by atoms with van der Waals surface area (Å²) in [4.78, 5) is 14.2. The number of rotatable bonds is 4. The van der Waals surface area contributed by atoms with E-state index in [2.05, 4.69) is 10.3 Å². The molecule has 0 aliphatic heterocycles. The normalized spacial score (nSPS) is 27.2. The van der Waals surface area contributed by atoms with Crippen molar-refractivity contribution in [2.24, 2.45) is 17.8 Å². The van der Waals surface area contributed by atoms with Gasteiger partial charge in [0.2, 0.25) is 5.69 Å². The van der Waals surface area contributed by atoms with Crippen molar-refractivity contribution in [1.29, 1.82) is 5.26 Å². The quantitative estimate of drug-likeness (QED) is 0.672. The first-order chi connectivity index (χ1) is 9.67. The van der Waals surface area contributed by atoms with Crippen LogP contribution in [0.15, 0.2) is 12.1 Å². The third kappa shape index (κ3) is 2.31. The van der Waals surface area contributed by atoms with Crippen molar-refractivity contribution in [3.05, 3.63) is 27.9 Å². The molecule has 0 amide bonds.